The first-order valence-electron chi connectivity index (χ1n) is 11.2. The van der Waals surface area contributed by atoms with Gasteiger partial charge in [-0.05, 0) is 77.2 Å². The van der Waals surface area contributed by atoms with E-state index in [1.54, 1.807) is 24.2 Å². The summed E-state index contributed by atoms with van der Waals surface area (Å²) in [7, 11) is 1.57. The van der Waals surface area contributed by atoms with Gasteiger partial charge in [-0.1, -0.05) is 18.2 Å². The lowest BCUT2D eigenvalue weighted by Gasteiger charge is -2.36. The summed E-state index contributed by atoms with van der Waals surface area (Å²) in [5.41, 5.74) is 1.84. The number of ether oxygens (including phenoxy) is 2. The van der Waals surface area contributed by atoms with Gasteiger partial charge in [0.1, 0.15) is 6.54 Å². The highest BCUT2D eigenvalue weighted by molar-refractivity contribution is 14.1. The largest absolute Gasteiger partial charge is 0.492 e. The summed E-state index contributed by atoms with van der Waals surface area (Å²) in [6, 6.07) is 13.7. The van der Waals surface area contributed by atoms with Crippen LogP contribution in [0, 0.1) is 3.57 Å². The highest BCUT2D eigenvalue weighted by Gasteiger charge is 2.37. The van der Waals surface area contributed by atoms with E-state index in [-0.39, 0.29) is 17.4 Å². The number of hydrogen-bond donors (Lipinski definition) is 0. The lowest BCUT2D eigenvalue weighted by atomic mass is 10.2. The zero-order valence-corrected chi connectivity index (χ0v) is 22.5. The molecule has 8 nitrogen and oxygen atoms in total. The van der Waals surface area contributed by atoms with Gasteiger partial charge in [-0.25, -0.2) is 0 Å². The number of piperazine rings is 1. The van der Waals surface area contributed by atoms with Crippen molar-refractivity contribution in [3.05, 3.63) is 56.5 Å². The maximum absolute atomic E-state index is 13.0. The molecule has 0 radical (unpaired) electrons. The molecule has 0 bridgehead atoms. The Morgan fingerprint density at radius 3 is 2.49 bits per heavy atom. The van der Waals surface area contributed by atoms with Crippen LogP contribution in [0.2, 0.25) is 0 Å². The molecule has 0 aromatic heterocycles. The number of thioether (sulfide) groups is 1. The number of rotatable bonds is 7. The van der Waals surface area contributed by atoms with E-state index in [1.807, 2.05) is 43.3 Å². The zero-order chi connectivity index (χ0) is 24.9. The molecule has 3 amide bonds. The summed E-state index contributed by atoms with van der Waals surface area (Å²) in [6.45, 7) is 4.59. The van der Waals surface area contributed by atoms with Crippen LogP contribution < -0.4 is 14.4 Å². The summed E-state index contributed by atoms with van der Waals surface area (Å²) >= 11 is 2.98. The Morgan fingerprint density at radius 2 is 1.83 bits per heavy atom. The number of hydrogen-bond acceptors (Lipinski definition) is 7. The Morgan fingerprint density at radius 1 is 1.11 bits per heavy atom. The molecule has 2 aromatic carbocycles. The fourth-order valence-corrected chi connectivity index (χ4v) is 5.69. The first-order valence-corrected chi connectivity index (χ1v) is 13.1. The summed E-state index contributed by atoms with van der Waals surface area (Å²) < 4.78 is 11.9. The first kappa shape index (κ1) is 25.4. The number of carbonyl (C=O) groups excluding carboxylic acids is 3. The second-order valence-electron chi connectivity index (χ2n) is 7.94. The van der Waals surface area contributed by atoms with Crippen molar-refractivity contribution in [1.29, 1.82) is 0 Å². The maximum Gasteiger partial charge on any atom is 0.294 e. The second-order valence-corrected chi connectivity index (χ2v) is 10.1. The van der Waals surface area contributed by atoms with Crippen LogP contribution in [-0.4, -0.2) is 73.3 Å². The van der Waals surface area contributed by atoms with Crippen LogP contribution >= 0.6 is 34.4 Å². The van der Waals surface area contributed by atoms with Gasteiger partial charge in [-0.15, -0.1) is 0 Å². The van der Waals surface area contributed by atoms with Crippen molar-refractivity contribution in [3.63, 3.8) is 0 Å². The molecule has 0 N–H and O–H groups in total. The van der Waals surface area contributed by atoms with Crippen molar-refractivity contribution in [2.45, 2.75) is 6.92 Å². The van der Waals surface area contributed by atoms with Crippen LogP contribution in [0.15, 0.2) is 47.4 Å². The quantitative estimate of drug-likeness (QED) is 0.347. The Kier molecular flexibility index (Phi) is 8.22. The average Bonchev–Trinajstić information content (AvgIpc) is 3.12. The van der Waals surface area contributed by atoms with E-state index in [0.29, 0.717) is 49.8 Å². The van der Waals surface area contributed by atoms with Gasteiger partial charge in [0, 0.05) is 31.9 Å². The number of halogens is 1. The fraction of sp³-hybridized carbons (Fsp3) is 0.320. The third-order valence-electron chi connectivity index (χ3n) is 5.75. The van der Waals surface area contributed by atoms with Gasteiger partial charge < -0.3 is 19.3 Å². The van der Waals surface area contributed by atoms with Crippen molar-refractivity contribution < 1.29 is 23.9 Å². The minimum atomic E-state index is -0.458. The van der Waals surface area contributed by atoms with E-state index in [9.17, 15) is 14.4 Å². The average molecular weight is 607 g/mol. The Hall–Kier alpha value is -2.73. The zero-order valence-electron chi connectivity index (χ0n) is 19.5. The van der Waals surface area contributed by atoms with Crippen molar-refractivity contribution in [2.24, 2.45) is 0 Å². The number of methoxy groups -OCH3 is 1. The molecule has 2 aromatic rings. The molecular weight excluding hydrogens is 581 g/mol. The molecule has 10 heteroatoms. The number of nitrogens with zero attached hydrogens (tertiary/aromatic N) is 3. The van der Waals surface area contributed by atoms with Crippen molar-refractivity contribution in [1.82, 2.24) is 9.80 Å². The van der Waals surface area contributed by atoms with Crippen molar-refractivity contribution in [2.75, 3.05) is 51.3 Å². The third-order valence-corrected chi connectivity index (χ3v) is 7.46. The van der Waals surface area contributed by atoms with Crippen LogP contribution in [0.5, 0.6) is 11.5 Å². The highest BCUT2D eigenvalue weighted by Crippen LogP contribution is 2.37. The lowest BCUT2D eigenvalue weighted by Crippen LogP contribution is -2.51. The number of carbonyl (C=O) groups is 3. The van der Waals surface area contributed by atoms with Gasteiger partial charge in [0.25, 0.3) is 11.1 Å². The van der Waals surface area contributed by atoms with Crippen LogP contribution in [-0.2, 0) is 9.59 Å². The summed E-state index contributed by atoms with van der Waals surface area (Å²) in [5.74, 6) is 0.506. The number of para-hydroxylation sites is 1. The molecule has 35 heavy (non-hydrogen) atoms. The molecule has 0 saturated carbocycles. The summed E-state index contributed by atoms with van der Waals surface area (Å²) in [6.07, 6.45) is 1.65. The van der Waals surface area contributed by atoms with Gasteiger partial charge in [-0.2, -0.15) is 0 Å². The normalized spacial score (nSPS) is 17.3. The smallest absolute Gasteiger partial charge is 0.294 e. The number of imide groups is 1. The van der Waals surface area contributed by atoms with Crippen LogP contribution in [0.25, 0.3) is 6.08 Å². The minimum Gasteiger partial charge on any atom is -0.492 e. The molecule has 0 unspecified atom stereocenters. The van der Waals surface area contributed by atoms with Gasteiger partial charge in [0.15, 0.2) is 11.5 Å². The molecule has 184 valence electrons. The topological polar surface area (TPSA) is 79.4 Å². The molecule has 2 saturated heterocycles. The maximum atomic E-state index is 13.0. The van der Waals surface area contributed by atoms with E-state index < -0.39 is 11.1 Å². The van der Waals surface area contributed by atoms with Gasteiger partial charge in [-0.3, -0.25) is 19.3 Å². The highest BCUT2D eigenvalue weighted by atomic mass is 127. The number of benzene rings is 2. The lowest BCUT2D eigenvalue weighted by molar-refractivity contribution is -0.136. The van der Waals surface area contributed by atoms with E-state index in [1.165, 1.54) is 0 Å². The minimum absolute atomic E-state index is 0.223. The fourth-order valence-electron chi connectivity index (χ4n) is 4.01. The standard InChI is InChI=1S/C25H26IN3O5S/c1-3-34-20-14-17(13-19(26)23(20)33-2)15-21-24(31)29(25(32)35-21)16-22(30)28-11-9-27(10-12-28)18-7-5-4-6-8-18/h4-8,13-15H,3,9-12,16H2,1-2H3/b21-15+. The summed E-state index contributed by atoms with van der Waals surface area (Å²) in [5, 5.41) is -0.439. The molecule has 4 rings (SSSR count). The number of anilines is 1. The van der Waals surface area contributed by atoms with Gasteiger partial charge >= 0.3 is 0 Å². The molecule has 2 aliphatic heterocycles. The molecule has 2 fully saturated rings. The first-order chi connectivity index (χ1) is 16.9. The SMILES string of the molecule is CCOc1cc(/C=C2/SC(=O)N(CC(=O)N3CCN(c4ccccc4)CC3)C2=O)cc(I)c1OC. The monoisotopic (exact) mass is 607 g/mol. The molecular formula is C25H26IN3O5S. The molecule has 2 heterocycles. The van der Waals surface area contributed by atoms with E-state index >= 15 is 0 Å². The van der Waals surface area contributed by atoms with E-state index in [4.69, 9.17) is 9.47 Å². The van der Waals surface area contributed by atoms with Crippen molar-refractivity contribution in [3.8, 4) is 11.5 Å². The van der Waals surface area contributed by atoms with Crippen LogP contribution in [0.4, 0.5) is 10.5 Å². The van der Waals surface area contributed by atoms with Gasteiger partial charge in [0.05, 0.1) is 22.2 Å². The van der Waals surface area contributed by atoms with Crippen LogP contribution in [0.3, 0.4) is 0 Å². The number of amides is 3. The third kappa shape index (κ3) is 5.75. The predicted molar refractivity (Wildman–Crippen MR) is 145 cm³/mol. The van der Waals surface area contributed by atoms with Gasteiger partial charge in [0.2, 0.25) is 5.91 Å². The second kappa shape index (κ2) is 11.3. The summed E-state index contributed by atoms with van der Waals surface area (Å²) in [4.78, 5) is 43.7. The predicted octanol–water partition coefficient (Wildman–Crippen LogP) is 4.08. The van der Waals surface area contributed by atoms with Crippen LogP contribution in [0.1, 0.15) is 12.5 Å². The molecule has 0 aliphatic carbocycles. The molecule has 0 spiro atoms. The Labute approximate surface area is 222 Å². The Balaban J connectivity index is 1.41. The molecule has 0 atom stereocenters. The van der Waals surface area contributed by atoms with Crippen molar-refractivity contribution >= 4 is 63.2 Å². The molecule has 2 aliphatic rings. The van der Waals surface area contributed by atoms with E-state index in [2.05, 4.69) is 27.5 Å². The Bertz CT molecular complexity index is 1150. The van der Waals surface area contributed by atoms with E-state index in [0.717, 1.165) is 25.9 Å².